The fourth-order valence-corrected chi connectivity index (χ4v) is 5.19. The molecule has 1 aliphatic rings. The van der Waals surface area contributed by atoms with Gasteiger partial charge in [-0.25, -0.2) is 4.98 Å². The van der Waals surface area contributed by atoms with E-state index in [2.05, 4.69) is 4.98 Å². The summed E-state index contributed by atoms with van der Waals surface area (Å²) < 4.78 is -0.578. The summed E-state index contributed by atoms with van der Waals surface area (Å²) in [6.07, 6.45) is 0.347. The van der Waals surface area contributed by atoms with Crippen LogP contribution in [0.2, 0.25) is 0 Å². The Labute approximate surface area is 182 Å². The van der Waals surface area contributed by atoms with Crippen LogP contribution in [0, 0.1) is 0 Å². The number of carbonyl (C=O) groups excluding carboxylic acids is 1. The molecule has 0 spiro atoms. The lowest BCUT2D eigenvalue weighted by Crippen LogP contribution is -2.50. The van der Waals surface area contributed by atoms with Crippen LogP contribution in [0.25, 0.3) is 10.2 Å². The molecule has 0 N–H and O–H groups in total. The van der Waals surface area contributed by atoms with Crippen LogP contribution in [0.15, 0.2) is 54.6 Å². The van der Waals surface area contributed by atoms with E-state index in [1.54, 1.807) is 4.90 Å². The van der Waals surface area contributed by atoms with Gasteiger partial charge in [-0.2, -0.15) is 0 Å². The van der Waals surface area contributed by atoms with Gasteiger partial charge in [0, 0.05) is 19.5 Å². The van der Waals surface area contributed by atoms with Crippen molar-refractivity contribution >= 4 is 67.4 Å². The zero-order chi connectivity index (χ0) is 19.7. The molecule has 1 aliphatic heterocycles. The third-order valence-electron chi connectivity index (χ3n) is 4.78. The molecular formula is C20H18Cl3N3OS. The van der Waals surface area contributed by atoms with Gasteiger partial charge in [-0.3, -0.25) is 4.79 Å². The number of thiazole rings is 1. The van der Waals surface area contributed by atoms with Gasteiger partial charge in [-0.15, -0.1) is 0 Å². The SMILES string of the molecule is O=C(CCc1ccccc1)N1CCN(c2nc3ccccc3s2)C1C(Cl)(Cl)Cl. The highest BCUT2D eigenvalue weighted by atomic mass is 35.6. The van der Waals surface area contributed by atoms with E-state index in [4.69, 9.17) is 34.8 Å². The number of hydrogen-bond donors (Lipinski definition) is 0. The van der Waals surface area contributed by atoms with Gasteiger partial charge in [-0.1, -0.05) is 88.6 Å². The minimum absolute atomic E-state index is 0.0243. The Morgan fingerprint density at radius 2 is 1.79 bits per heavy atom. The Kier molecular flexibility index (Phi) is 5.70. The molecule has 1 saturated heterocycles. The van der Waals surface area contributed by atoms with Crippen molar-refractivity contribution in [3.8, 4) is 0 Å². The van der Waals surface area contributed by atoms with Crippen LogP contribution >= 0.6 is 46.1 Å². The van der Waals surface area contributed by atoms with Crippen molar-refractivity contribution in [1.29, 1.82) is 0 Å². The average Bonchev–Trinajstić information content (AvgIpc) is 3.30. The predicted octanol–water partition coefficient (Wildman–Crippen LogP) is 5.27. The zero-order valence-electron chi connectivity index (χ0n) is 14.9. The molecule has 4 nitrogen and oxygen atoms in total. The first-order chi connectivity index (χ1) is 13.4. The van der Waals surface area contributed by atoms with Crippen molar-refractivity contribution in [2.45, 2.75) is 22.8 Å². The first kappa shape index (κ1) is 19.8. The number of aromatic nitrogens is 1. The number of rotatable bonds is 4. The van der Waals surface area contributed by atoms with E-state index >= 15 is 0 Å². The molecule has 1 aromatic heterocycles. The van der Waals surface area contributed by atoms with E-state index in [9.17, 15) is 4.79 Å². The minimum atomic E-state index is -1.64. The molecule has 1 fully saturated rings. The van der Waals surface area contributed by atoms with Crippen LogP contribution in [-0.2, 0) is 11.2 Å². The zero-order valence-corrected chi connectivity index (χ0v) is 18.0. The first-order valence-electron chi connectivity index (χ1n) is 8.96. The molecule has 4 rings (SSSR count). The number of hydrogen-bond acceptors (Lipinski definition) is 4. The van der Waals surface area contributed by atoms with E-state index in [0.29, 0.717) is 25.9 Å². The standard InChI is InChI=1S/C20H18Cl3N3OS/c21-20(22,23)18-25(17(27)11-10-14-6-2-1-3-7-14)12-13-26(18)19-24-15-8-4-5-9-16(15)28-19/h1-9,18H,10-13H2. The van der Waals surface area contributed by atoms with E-state index in [0.717, 1.165) is 20.9 Å². The normalized spacial score (nSPS) is 17.5. The summed E-state index contributed by atoms with van der Waals surface area (Å²) in [7, 11) is 0. The Hall–Kier alpha value is -1.53. The molecule has 146 valence electrons. The molecule has 0 bridgehead atoms. The van der Waals surface area contributed by atoms with Gasteiger partial charge in [0.25, 0.3) is 0 Å². The molecule has 1 amide bonds. The number of anilines is 1. The topological polar surface area (TPSA) is 36.4 Å². The number of carbonyl (C=O) groups is 1. The summed E-state index contributed by atoms with van der Waals surface area (Å²) in [6, 6.07) is 17.8. The highest BCUT2D eigenvalue weighted by Crippen LogP contribution is 2.42. The molecule has 0 aliphatic carbocycles. The van der Waals surface area contributed by atoms with Crippen LogP contribution in [0.3, 0.4) is 0 Å². The molecule has 0 saturated carbocycles. The maximum Gasteiger partial charge on any atom is 0.228 e. The minimum Gasteiger partial charge on any atom is -0.322 e. The van der Waals surface area contributed by atoms with Gasteiger partial charge in [0.05, 0.1) is 10.2 Å². The third kappa shape index (κ3) is 4.08. The lowest BCUT2D eigenvalue weighted by Gasteiger charge is -2.34. The fraction of sp³-hybridized carbons (Fsp3) is 0.300. The molecule has 3 aromatic rings. The highest BCUT2D eigenvalue weighted by Gasteiger charge is 2.48. The largest absolute Gasteiger partial charge is 0.322 e. The van der Waals surface area contributed by atoms with Crippen molar-refractivity contribution in [1.82, 2.24) is 9.88 Å². The molecule has 2 heterocycles. The van der Waals surface area contributed by atoms with Crippen molar-refractivity contribution < 1.29 is 4.79 Å². The monoisotopic (exact) mass is 453 g/mol. The van der Waals surface area contributed by atoms with Gasteiger partial charge in [-0.05, 0) is 24.1 Å². The number of benzene rings is 2. The molecule has 8 heteroatoms. The average molecular weight is 455 g/mol. The molecule has 1 unspecified atom stereocenters. The van der Waals surface area contributed by atoms with E-state index in [1.165, 1.54) is 11.3 Å². The van der Waals surface area contributed by atoms with Gasteiger partial charge in [0.15, 0.2) is 11.3 Å². The molecule has 0 radical (unpaired) electrons. The maximum absolute atomic E-state index is 12.9. The van der Waals surface area contributed by atoms with Crippen LogP contribution in [-0.4, -0.2) is 38.8 Å². The van der Waals surface area contributed by atoms with Crippen LogP contribution < -0.4 is 4.90 Å². The van der Waals surface area contributed by atoms with Crippen molar-refractivity contribution in [3.05, 3.63) is 60.2 Å². The molecule has 1 atom stereocenters. The second kappa shape index (κ2) is 8.07. The first-order valence-corrected chi connectivity index (χ1v) is 10.9. The third-order valence-corrected chi connectivity index (χ3v) is 6.44. The Morgan fingerprint density at radius 1 is 1.07 bits per heavy atom. The fourth-order valence-electron chi connectivity index (χ4n) is 3.47. The van der Waals surface area contributed by atoms with Gasteiger partial charge in [0.1, 0.15) is 0 Å². The van der Waals surface area contributed by atoms with E-state index in [-0.39, 0.29) is 5.91 Å². The lowest BCUT2D eigenvalue weighted by molar-refractivity contribution is -0.131. The van der Waals surface area contributed by atoms with Crippen molar-refractivity contribution in [3.63, 3.8) is 0 Å². The number of amides is 1. The predicted molar refractivity (Wildman–Crippen MR) is 118 cm³/mol. The summed E-state index contributed by atoms with van der Waals surface area (Å²) >= 11 is 20.5. The van der Waals surface area contributed by atoms with Crippen LogP contribution in [0.5, 0.6) is 0 Å². The van der Waals surface area contributed by atoms with E-state index in [1.807, 2.05) is 59.5 Å². The summed E-state index contributed by atoms with van der Waals surface area (Å²) in [4.78, 5) is 21.2. The van der Waals surface area contributed by atoms with Gasteiger partial charge >= 0.3 is 0 Å². The number of fused-ring (bicyclic) bond motifs is 1. The van der Waals surface area contributed by atoms with Gasteiger partial charge in [0.2, 0.25) is 9.70 Å². The van der Waals surface area contributed by atoms with E-state index < -0.39 is 9.96 Å². The molecule has 28 heavy (non-hydrogen) atoms. The highest BCUT2D eigenvalue weighted by molar-refractivity contribution is 7.22. The number of para-hydroxylation sites is 1. The van der Waals surface area contributed by atoms with Crippen LogP contribution in [0.4, 0.5) is 5.13 Å². The van der Waals surface area contributed by atoms with Crippen molar-refractivity contribution in [2.24, 2.45) is 0 Å². The van der Waals surface area contributed by atoms with Crippen LogP contribution in [0.1, 0.15) is 12.0 Å². The summed E-state index contributed by atoms with van der Waals surface area (Å²) in [5.41, 5.74) is 2.02. The number of halogens is 3. The summed E-state index contributed by atoms with van der Waals surface area (Å²) in [6.45, 7) is 1.08. The smallest absolute Gasteiger partial charge is 0.228 e. The summed E-state index contributed by atoms with van der Waals surface area (Å²) in [5.74, 6) is -0.0243. The molecule has 2 aromatic carbocycles. The number of aryl methyl sites for hydroxylation is 1. The molecular weight excluding hydrogens is 437 g/mol. The Bertz CT molecular complexity index is 940. The van der Waals surface area contributed by atoms with Gasteiger partial charge < -0.3 is 9.80 Å². The number of nitrogens with zero attached hydrogens (tertiary/aromatic N) is 3. The quantitative estimate of drug-likeness (QED) is 0.504. The Morgan fingerprint density at radius 3 is 2.50 bits per heavy atom. The van der Waals surface area contributed by atoms with Crippen molar-refractivity contribution in [2.75, 3.05) is 18.0 Å². The summed E-state index contributed by atoms with van der Waals surface area (Å²) in [5, 5.41) is 0.760. The lowest BCUT2D eigenvalue weighted by atomic mass is 10.1. The number of alkyl halides is 3. The maximum atomic E-state index is 12.9. The Balaban J connectivity index is 1.55. The second-order valence-corrected chi connectivity index (χ2v) is 10.0. The second-order valence-electron chi connectivity index (χ2n) is 6.65.